The van der Waals surface area contributed by atoms with Crippen molar-refractivity contribution in [2.24, 2.45) is 0 Å². The summed E-state index contributed by atoms with van der Waals surface area (Å²) in [6.07, 6.45) is 0. The van der Waals surface area contributed by atoms with Crippen molar-refractivity contribution in [2.75, 3.05) is 12.8 Å². The molecule has 2 amide bonds. The van der Waals surface area contributed by atoms with Gasteiger partial charge in [-0.3, -0.25) is 9.59 Å². The Bertz CT molecular complexity index is 921. The van der Waals surface area contributed by atoms with E-state index in [9.17, 15) is 9.59 Å². The summed E-state index contributed by atoms with van der Waals surface area (Å²) in [4.78, 5) is 25.9. The number of nitrogen functional groups attached to an aromatic ring is 1. The number of rotatable bonds is 7. The second-order valence-corrected chi connectivity index (χ2v) is 7.37. The SMILES string of the molecule is COc1ccc(CNC(=O)c2nsc(C(=O)NCc3cccs3)c2N)cc1. The second-order valence-electron chi connectivity index (χ2n) is 5.57. The number of amides is 2. The number of aromatic nitrogens is 1. The summed E-state index contributed by atoms with van der Waals surface area (Å²) in [5, 5.41) is 7.47. The van der Waals surface area contributed by atoms with Crippen molar-refractivity contribution in [3.05, 3.63) is 62.8 Å². The summed E-state index contributed by atoms with van der Waals surface area (Å²) in [7, 11) is 1.59. The van der Waals surface area contributed by atoms with Gasteiger partial charge in [-0.15, -0.1) is 11.3 Å². The monoisotopic (exact) mass is 402 g/mol. The van der Waals surface area contributed by atoms with Crippen molar-refractivity contribution >= 4 is 40.4 Å². The first-order chi connectivity index (χ1) is 13.1. The minimum Gasteiger partial charge on any atom is -0.497 e. The second kappa shape index (κ2) is 8.65. The number of benzene rings is 1. The van der Waals surface area contributed by atoms with Crippen LogP contribution in [-0.4, -0.2) is 23.3 Å². The highest BCUT2D eigenvalue weighted by Crippen LogP contribution is 2.22. The Morgan fingerprint density at radius 3 is 2.52 bits per heavy atom. The number of nitrogens with zero attached hydrogens (tertiary/aromatic N) is 1. The van der Waals surface area contributed by atoms with Crippen molar-refractivity contribution in [2.45, 2.75) is 13.1 Å². The highest BCUT2D eigenvalue weighted by molar-refractivity contribution is 7.10. The number of hydrogen-bond donors (Lipinski definition) is 3. The normalized spacial score (nSPS) is 10.4. The van der Waals surface area contributed by atoms with Crippen LogP contribution >= 0.6 is 22.9 Å². The van der Waals surface area contributed by atoms with E-state index in [2.05, 4.69) is 15.0 Å². The Labute approximate surface area is 164 Å². The van der Waals surface area contributed by atoms with Crippen LogP contribution in [0.5, 0.6) is 5.75 Å². The summed E-state index contributed by atoms with van der Waals surface area (Å²) in [5.41, 5.74) is 7.04. The van der Waals surface area contributed by atoms with E-state index in [-0.39, 0.29) is 22.2 Å². The molecule has 3 rings (SSSR count). The molecule has 7 nitrogen and oxygen atoms in total. The standard InChI is InChI=1S/C18H18N4O3S2/c1-25-12-6-4-11(5-7-12)9-20-17(23)15-14(19)16(27-22-15)18(24)21-10-13-3-2-8-26-13/h2-8H,9-10,19H2,1H3,(H,20,23)(H,21,24). The van der Waals surface area contributed by atoms with E-state index in [1.807, 2.05) is 41.8 Å². The fourth-order valence-corrected chi connectivity index (χ4v) is 3.65. The van der Waals surface area contributed by atoms with Gasteiger partial charge in [0.25, 0.3) is 11.8 Å². The van der Waals surface area contributed by atoms with Gasteiger partial charge >= 0.3 is 0 Å². The molecule has 0 aliphatic carbocycles. The van der Waals surface area contributed by atoms with Gasteiger partial charge in [0.05, 0.1) is 19.3 Å². The van der Waals surface area contributed by atoms with Gasteiger partial charge in [-0.05, 0) is 40.7 Å². The Morgan fingerprint density at radius 2 is 1.85 bits per heavy atom. The van der Waals surface area contributed by atoms with E-state index in [1.165, 1.54) is 0 Å². The van der Waals surface area contributed by atoms with Gasteiger partial charge in [-0.1, -0.05) is 18.2 Å². The van der Waals surface area contributed by atoms with Gasteiger partial charge in [0.2, 0.25) is 0 Å². The number of carbonyl (C=O) groups is 2. The molecule has 0 saturated carbocycles. The minimum atomic E-state index is -0.420. The summed E-state index contributed by atoms with van der Waals surface area (Å²) in [6.45, 7) is 0.729. The molecule has 27 heavy (non-hydrogen) atoms. The molecule has 0 saturated heterocycles. The lowest BCUT2D eigenvalue weighted by atomic mass is 10.2. The van der Waals surface area contributed by atoms with Crippen LogP contribution in [0.1, 0.15) is 30.6 Å². The highest BCUT2D eigenvalue weighted by Gasteiger charge is 2.21. The number of thiophene rings is 1. The molecular formula is C18H18N4O3S2. The smallest absolute Gasteiger partial charge is 0.273 e. The molecule has 2 heterocycles. The molecule has 0 aliphatic rings. The number of ether oxygens (including phenoxy) is 1. The van der Waals surface area contributed by atoms with Crippen LogP contribution in [0.3, 0.4) is 0 Å². The third-order valence-corrected chi connectivity index (χ3v) is 5.50. The van der Waals surface area contributed by atoms with Crippen molar-refractivity contribution in [1.29, 1.82) is 0 Å². The Balaban J connectivity index is 1.59. The molecule has 9 heteroatoms. The van der Waals surface area contributed by atoms with E-state index in [0.717, 1.165) is 27.7 Å². The minimum absolute atomic E-state index is 0.0646. The van der Waals surface area contributed by atoms with Gasteiger partial charge < -0.3 is 21.1 Å². The predicted molar refractivity (Wildman–Crippen MR) is 106 cm³/mol. The molecule has 0 atom stereocenters. The van der Waals surface area contributed by atoms with Crippen LogP contribution in [0.4, 0.5) is 5.69 Å². The predicted octanol–water partition coefficient (Wildman–Crippen LogP) is 2.66. The zero-order chi connectivity index (χ0) is 19.2. The van der Waals surface area contributed by atoms with Gasteiger partial charge in [-0.2, -0.15) is 4.37 Å². The first-order valence-electron chi connectivity index (χ1n) is 8.05. The summed E-state index contributed by atoms with van der Waals surface area (Å²) in [6, 6.07) is 11.2. The molecule has 4 N–H and O–H groups in total. The topological polar surface area (TPSA) is 106 Å². The number of carbonyl (C=O) groups excluding carboxylic acids is 2. The first kappa shape index (κ1) is 18.9. The molecule has 0 fully saturated rings. The highest BCUT2D eigenvalue weighted by atomic mass is 32.1. The van der Waals surface area contributed by atoms with Crippen molar-refractivity contribution in [1.82, 2.24) is 15.0 Å². The molecule has 0 bridgehead atoms. The Kier molecular flexibility index (Phi) is 6.05. The van der Waals surface area contributed by atoms with Crippen LogP contribution in [0.15, 0.2) is 41.8 Å². The van der Waals surface area contributed by atoms with E-state index < -0.39 is 5.91 Å². The molecule has 0 radical (unpaired) electrons. The fourth-order valence-electron chi connectivity index (χ4n) is 2.29. The van der Waals surface area contributed by atoms with Gasteiger partial charge in [0.1, 0.15) is 10.6 Å². The van der Waals surface area contributed by atoms with Gasteiger partial charge in [-0.25, -0.2) is 0 Å². The maximum Gasteiger partial charge on any atom is 0.273 e. The number of anilines is 1. The van der Waals surface area contributed by atoms with Crippen LogP contribution in [0.2, 0.25) is 0 Å². The molecule has 1 aromatic carbocycles. The third kappa shape index (κ3) is 4.63. The summed E-state index contributed by atoms with van der Waals surface area (Å²) < 4.78 is 9.15. The van der Waals surface area contributed by atoms with Crippen LogP contribution < -0.4 is 21.1 Å². The zero-order valence-corrected chi connectivity index (χ0v) is 16.2. The quantitative estimate of drug-likeness (QED) is 0.563. The van der Waals surface area contributed by atoms with E-state index in [0.29, 0.717) is 13.1 Å². The number of nitrogens with one attached hydrogen (secondary N) is 2. The van der Waals surface area contributed by atoms with Crippen molar-refractivity contribution in [3.8, 4) is 5.75 Å². The molecule has 140 valence electrons. The van der Waals surface area contributed by atoms with E-state index >= 15 is 0 Å². The summed E-state index contributed by atoms with van der Waals surface area (Å²) in [5.74, 6) is -0.0171. The molecule has 0 aliphatic heterocycles. The average molecular weight is 403 g/mol. The van der Waals surface area contributed by atoms with Gasteiger partial charge in [0, 0.05) is 11.4 Å². The largest absolute Gasteiger partial charge is 0.497 e. The summed E-state index contributed by atoms with van der Waals surface area (Å²) >= 11 is 2.47. The molecule has 2 aromatic heterocycles. The maximum absolute atomic E-state index is 12.3. The average Bonchev–Trinajstić information content (AvgIpc) is 3.34. The lowest BCUT2D eigenvalue weighted by Crippen LogP contribution is -2.25. The van der Waals surface area contributed by atoms with Crippen molar-refractivity contribution in [3.63, 3.8) is 0 Å². The van der Waals surface area contributed by atoms with Crippen LogP contribution in [-0.2, 0) is 13.1 Å². The number of methoxy groups -OCH3 is 1. The zero-order valence-electron chi connectivity index (χ0n) is 14.5. The lowest BCUT2D eigenvalue weighted by Gasteiger charge is -2.06. The Morgan fingerprint density at radius 1 is 1.11 bits per heavy atom. The third-order valence-electron chi connectivity index (χ3n) is 3.76. The molecule has 0 spiro atoms. The van der Waals surface area contributed by atoms with E-state index in [1.54, 1.807) is 18.4 Å². The molecule has 0 unspecified atom stereocenters. The first-order valence-corrected chi connectivity index (χ1v) is 9.70. The fraction of sp³-hybridized carbons (Fsp3) is 0.167. The van der Waals surface area contributed by atoms with E-state index in [4.69, 9.17) is 10.5 Å². The molecule has 3 aromatic rings. The van der Waals surface area contributed by atoms with Gasteiger partial charge in [0.15, 0.2) is 5.69 Å². The number of hydrogen-bond acceptors (Lipinski definition) is 7. The van der Waals surface area contributed by atoms with Crippen LogP contribution in [0, 0.1) is 0 Å². The Hall–Kier alpha value is -2.91. The lowest BCUT2D eigenvalue weighted by molar-refractivity contribution is 0.0946. The van der Waals surface area contributed by atoms with Crippen LogP contribution in [0.25, 0.3) is 0 Å². The van der Waals surface area contributed by atoms with Crippen molar-refractivity contribution < 1.29 is 14.3 Å². The number of nitrogens with two attached hydrogens (primary N) is 1. The molecular weight excluding hydrogens is 384 g/mol. The maximum atomic E-state index is 12.3.